The Morgan fingerprint density at radius 3 is 2.94 bits per heavy atom. The van der Waals surface area contributed by atoms with Crippen LogP contribution in [0.5, 0.6) is 0 Å². The molecule has 1 saturated heterocycles. The van der Waals surface area contributed by atoms with Crippen molar-refractivity contribution in [2.45, 2.75) is 24.9 Å². The molecule has 7 nitrogen and oxygen atoms in total. The summed E-state index contributed by atoms with van der Waals surface area (Å²) in [5.41, 5.74) is 3.48. The van der Waals surface area contributed by atoms with Crippen LogP contribution in [0.15, 0.2) is 15.8 Å². The fraction of sp³-hybridized carbons (Fsp3) is 0.556. The van der Waals surface area contributed by atoms with Gasteiger partial charge in [-0.2, -0.15) is 4.39 Å². The van der Waals surface area contributed by atoms with E-state index in [1.54, 1.807) is 0 Å². The number of hydrogen-bond acceptors (Lipinski definition) is 5. The molecule has 0 radical (unpaired) electrons. The van der Waals surface area contributed by atoms with Gasteiger partial charge in [-0.05, 0) is 0 Å². The maximum absolute atomic E-state index is 13.0. The molecule has 0 aliphatic carbocycles. The van der Waals surface area contributed by atoms with Gasteiger partial charge in [-0.1, -0.05) is 0 Å². The second-order valence-corrected chi connectivity index (χ2v) is 3.81. The lowest BCUT2D eigenvalue weighted by molar-refractivity contribution is -0.0155. The molecule has 0 aromatic carbocycles. The lowest BCUT2D eigenvalue weighted by Crippen LogP contribution is -2.34. The second kappa shape index (κ2) is 4.40. The molecule has 1 aliphatic rings. The van der Waals surface area contributed by atoms with Crippen molar-refractivity contribution >= 4 is 0 Å². The lowest BCUT2D eigenvalue weighted by atomic mass is 10.2. The van der Waals surface area contributed by atoms with Gasteiger partial charge < -0.3 is 15.6 Å². The highest BCUT2D eigenvalue weighted by molar-refractivity contribution is 4.91. The molecule has 0 amide bonds. The molecule has 17 heavy (non-hydrogen) atoms. The van der Waals surface area contributed by atoms with E-state index >= 15 is 0 Å². The minimum atomic E-state index is -1.08. The summed E-state index contributed by atoms with van der Waals surface area (Å²) in [6, 6.07) is 0. The summed E-state index contributed by atoms with van der Waals surface area (Å²) >= 11 is 0. The molecule has 2 heterocycles. The van der Waals surface area contributed by atoms with E-state index < -0.39 is 35.5 Å². The highest BCUT2D eigenvalue weighted by Crippen LogP contribution is 2.26. The third-order valence-corrected chi connectivity index (χ3v) is 2.67. The topological polar surface area (TPSA) is 110 Å². The van der Waals surface area contributed by atoms with Gasteiger partial charge in [-0.25, -0.2) is 4.79 Å². The summed E-state index contributed by atoms with van der Waals surface area (Å²) in [6.45, 7) is 0.0955. The summed E-state index contributed by atoms with van der Waals surface area (Å²) in [4.78, 5) is 24.1. The number of hydrogen-bond donors (Lipinski definition) is 3. The molecule has 0 saturated carbocycles. The third kappa shape index (κ3) is 2.14. The van der Waals surface area contributed by atoms with Crippen LogP contribution in [0.1, 0.15) is 12.6 Å². The van der Waals surface area contributed by atoms with E-state index in [0.717, 1.165) is 10.8 Å². The number of nitrogens with one attached hydrogen (secondary N) is 1. The number of nitrogens with zero attached hydrogens (tertiary/aromatic N) is 1. The Hall–Kier alpha value is -1.51. The first-order chi connectivity index (χ1) is 8.02. The molecule has 8 heteroatoms. The second-order valence-electron chi connectivity index (χ2n) is 3.81. The van der Waals surface area contributed by atoms with Crippen LogP contribution in [0.25, 0.3) is 0 Å². The van der Waals surface area contributed by atoms with Gasteiger partial charge in [-0.15, -0.1) is 0 Å². The Morgan fingerprint density at radius 2 is 2.35 bits per heavy atom. The van der Waals surface area contributed by atoms with E-state index in [9.17, 15) is 19.1 Å². The fourth-order valence-electron chi connectivity index (χ4n) is 1.77. The first-order valence-electron chi connectivity index (χ1n) is 5.07. The predicted molar refractivity (Wildman–Crippen MR) is 54.9 cm³/mol. The summed E-state index contributed by atoms with van der Waals surface area (Å²) in [5, 5.41) is 9.55. The Bertz CT molecular complexity index is 526. The average molecular weight is 245 g/mol. The van der Waals surface area contributed by atoms with E-state index in [-0.39, 0.29) is 13.0 Å². The Morgan fingerprint density at radius 1 is 1.65 bits per heavy atom. The van der Waals surface area contributed by atoms with E-state index in [0.29, 0.717) is 0 Å². The van der Waals surface area contributed by atoms with Gasteiger partial charge >= 0.3 is 5.69 Å². The Balaban J connectivity index is 2.34. The summed E-state index contributed by atoms with van der Waals surface area (Å²) < 4.78 is 19.2. The molecular weight excluding hydrogens is 233 g/mol. The Kier molecular flexibility index (Phi) is 3.09. The smallest absolute Gasteiger partial charge is 0.330 e. The zero-order chi connectivity index (χ0) is 12.6. The average Bonchev–Trinajstić information content (AvgIpc) is 2.65. The van der Waals surface area contributed by atoms with Gasteiger partial charge in [0.2, 0.25) is 5.82 Å². The molecule has 2 rings (SSSR count). The number of aromatic nitrogens is 2. The molecule has 1 fully saturated rings. The fourth-order valence-corrected chi connectivity index (χ4v) is 1.77. The van der Waals surface area contributed by atoms with Crippen molar-refractivity contribution in [2.75, 3.05) is 6.54 Å². The zero-order valence-electron chi connectivity index (χ0n) is 8.80. The predicted octanol–water partition coefficient (Wildman–Crippen LogP) is -1.72. The molecule has 1 aromatic rings. The SMILES string of the molecule is NCC1OC(n2cc(F)c(=O)[nH]c2=O)CC1O. The maximum atomic E-state index is 13.0. The molecule has 4 N–H and O–H groups in total. The molecular formula is C9H12FN3O4. The van der Waals surface area contributed by atoms with Crippen molar-refractivity contribution < 1.29 is 14.2 Å². The van der Waals surface area contributed by atoms with Crippen LogP contribution >= 0.6 is 0 Å². The van der Waals surface area contributed by atoms with Crippen molar-refractivity contribution in [2.24, 2.45) is 5.73 Å². The summed E-state index contributed by atoms with van der Waals surface area (Å²) in [5.74, 6) is -1.08. The first-order valence-corrected chi connectivity index (χ1v) is 5.07. The first kappa shape index (κ1) is 12.0. The minimum Gasteiger partial charge on any atom is -0.390 e. The number of aromatic amines is 1. The van der Waals surface area contributed by atoms with Crippen LogP contribution in [0.2, 0.25) is 0 Å². The maximum Gasteiger partial charge on any atom is 0.330 e. The highest BCUT2D eigenvalue weighted by atomic mass is 19.1. The highest BCUT2D eigenvalue weighted by Gasteiger charge is 2.34. The number of aliphatic hydroxyl groups excluding tert-OH is 1. The summed E-state index contributed by atoms with van der Waals surface area (Å²) in [7, 11) is 0. The molecule has 0 bridgehead atoms. The van der Waals surface area contributed by atoms with E-state index in [1.807, 2.05) is 4.98 Å². The monoisotopic (exact) mass is 245 g/mol. The molecule has 0 spiro atoms. The van der Waals surface area contributed by atoms with E-state index in [2.05, 4.69) is 0 Å². The zero-order valence-corrected chi connectivity index (χ0v) is 8.80. The minimum absolute atomic E-state index is 0.0955. The van der Waals surface area contributed by atoms with Crippen LogP contribution in [0.4, 0.5) is 4.39 Å². The van der Waals surface area contributed by atoms with Gasteiger partial charge in [0.15, 0.2) is 0 Å². The van der Waals surface area contributed by atoms with Gasteiger partial charge in [0, 0.05) is 13.0 Å². The Labute approximate surface area is 94.6 Å². The van der Waals surface area contributed by atoms with Gasteiger partial charge in [0.1, 0.15) is 6.23 Å². The molecule has 3 unspecified atom stereocenters. The quantitative estimate of drug-likeness (QED) is 0.574. The van der Waals surface area contributed by atoms with Crippen LogP contribution in [-0.2, 0) is 4.74 Å². The largest absolute Gasteiger partial charge is 0.390 e. The van der Waals surface area contributed by atoms with Crippen LogP contribution in [0.3, 0.4) is 0 Å². The molecule has 1 aliphatic heterocycles. The number of halogens is 1. The number of nitrogens with two attached hydrogens (primary N) is 1. The third-order valence-electron chi connectivity index (χ3n) is 2.67. The number of H-pyrrole nitrogens is 1. The van der Waals surface area contributed by atoms with Crippen molar-refractivity contribution in [3.05, 3.63) is 32.9 Å². The summed E-state index contributed by atoms with van der Waals surface area (Å²) in [6.07, 6.45) is -1.35. The van der Waals surface area contributed by atoms with Crippen LogP contribution < -0.4 is 17.0 Å². The van der Waals surface area contributed by atoms with Gasteiger partial charge in [0.25, 0.3) is 5.56 Å². The van der Waals surface area contributed by atoms with Crippen molar-refractivity contribution in [3.8, 4) is 0 Å². The number of rotatable bonds is 2. The number of aliphatic hydroxyl groups is 1. The number of ether oxygens (including phenoxy) is 1. The van der Waals surface area contributed by atoms with Crippen LogP contribution in [0, 0.1) is 5.82 Å². The molecule has 1 aromatic heterocycles. The molecule has 3 atom stereocenters. The van der Waals surface area contributed by atoms with Crippen molar-refractivity contribution in [3.63, 3.8) is 0 Å². The van der Waals surface area contributed by atoms with Crippen molar-refractivity contribution in [1.82, 2.24) is 9.55 Å². The van der Waals surface area contributed by atoms with Crippen molar-refractivity contribution in [1.29, 1.82) is 0 Å². The lowest BCUT2D eigenvalue weighted by Gasteiger charge is -2.14. The van der Waals surface area contributed by atoms with Crippen LogP contribution in [-0.4, -0.2) is 33.4 Å². The van der Waals surface area contributed by atoms with E-state index in [4.69, 9.17) is 10.5 Å². The van der Waals surface area contributed by atoms with Gasteiger partial charge in [-0.3, -0.25) is 14.3 Å². The molecule has 94 valence electrons. The standard InChI is InChI=1S/C9H12FN3O4/c10-4-3-13(9(16)12-8(4)15)7-1-5(14)6(2-11)17-7/h3,5-7,14H,1-2,11H2,(H,12,15,16). The van der Waals surface area contributed by atoms with Gasteiger partial charge in [0.05, 0.1) is 18.4 Å². The van der Waals surface area contributed by atoms with E-state index in [1.165, 1.54) is 0 Å². The normalized spacial score (nSPS) is 28.5.